The molecule has 0 bridgehead atoms. The third kappa shape index (κ3) is 3.02. The molecule has 0 spiro atoms. The van der Waals surface area contributed by atoms with E-state index in [1.165, 1.54) is 43.5 Å². The Morgan fingerprint density at radius 1 is 1.26 bits per heavy atom. The highest BCUT2D eigenvalue weighted by molar-refractivity contribution is 7.12. The van der Waals surface area contributed by atoms with Crippen molar-refractivity contribution >= 4 is 11.3 Å². The second kappa shape index (κ2) is 6.09. The van der Waals surface area contributed by atoms with Gasteiger partial charge in [0.2, 0.25) is 0 Å². The monoisotopic (exact) mass is 275 g/mol. The van der Waals surface area contributed by atoms with Crippen molar-refractivity contribution in [2.45, 2.75) is 44.7 Å². The Bertz CT molecular complexity index is 484. The molecular weight excluding hydrogens is 254 g/mol. The van der Waals surface area contributed by atoms with Gasteiger partial charge >= 0.3 is 0 Å². The van der Waals surface area contributed by atoms with Crippen LogP contribution in [0.2, 0.25) is 0 Å². The van der Waals surface area contributed by atoms with E-state index in [-0.39, 0.29) is 6.61 Å². The topological polar surface area (TPSA) is 23.5 Å². The lowest BCUT2D eigenvalue weighted by Gasteiger charge is -2.31. The Morgan fingerprint density at radius 3 is 3.05 bits per heavy atom. The summed E-state index contributed by atoms with van der Waals surface area (Å²) in [5.74, 6) is 6.68. The molecule has 1 saturated heterocycles. The number of rotatable bonds is 2. The van der Waals surface area contributed by atoms with Crippen LogP contribution in [0.5, 0.6) is 0 Å². The summed E-state index contributed by atoms with van der Waals surface area (Å²) in [7, 11) is 0. The number of thiophene rings is 1. The highest BCUT2D eigenvalue weighted by Gasteiger charge is 2.35. The van der Waals surface area contributed by atoms with Gasteiger partial charge in [-0.2, -0.15) is 0 Å². The molecule has 0 amide bonds. The van der Waals surface area contributed by atoms with Gasteiger partial charge in [-0.15, -0.1) is 11.3 Å². The largest absolute Gasteiger partial charge is 0.384 e. The van der Waals surface area contributed by atoms with Crippen LogP contribution in [0.1, 0.15) is 41.9 Å². The normalized spacial score (nSPS) is 26.8. The molecule has 19 heavy (non-hydrogen) atoms. The summed E-state index contributed by atoms with van der Waals surface area (Å²) < 4.78 is 0. The number of hydrogen-bond acceptors (Lipinski definition) is 3. The molecular formula is C16H21NOS. The average Bonchev–Trinajstić information content (AvgIpc) is 3.05. The molecule has 2 heterocycles. The maximum absolute atomic E-state index is 8.72. The zero-order valence-electron chi connectivity index (χ0n) is 11.3. The highest BCUT2D eigenvalue weighted by atomic mass is 32.1. The third-order valence-electron chi connectivity index (χ3n) is 4.44. The van der Waals surface area contributed by atoms with Crippen LogP contribution < -0.4 is 0 Å². The molecule has 2 fully saturated rings. The molecule has 2 nitrogen and oxygen atoms in total. The fourth-order valence-corrected chi connectivity index (χ4v) is 4.46. The lowest BCUT2D eigenvalue weighted by molar-refractivity contribution is 0.177. The van der Waals surface area contributed by atoms with E-state index in [1.807, 2.05) is 0 Å². The summed E-state index contributed by atoms with van der Waals surface area (Å²) in [4.78, 5) is 5.16. The summed E-state index contributed by atoms with van der Waals surface area (Å²) in [6, 6.07) is 5.11. The van der Waals surface area contributed by atoms with Crippen molar-refractivity contribution in [1.82, 2.24) is 4.90 Å². The summed E-state index contributed by atoms with van der Waals surface area (Å²) in [6.07, 6.45) is 7.09. The highest BCUT2D eigenvalue weighted by Crippen LogP contribution is 2.37. The number of nitrogens with zero attached hydrogens (tertiary/aromatic N) is 1. The first-order valence-corrected chi connectivity index (χ1v) is 8.11. The molecule has 1 aliphatic carbocycles. The van der Waals surface area contributed by atoms with Crippen LogP contribution in [0, 0.1) is 17.8 Å². The van der Waals surface area contributed by atoms with Crippen LogP contribution in [0.25, 0.3) is 0 Å². The molecule has 3 heteroatoms. The fraction of sp³-hybridized carbons (Fsp3) is 0.625. The smallest absolute Gasteiger partial charge is 0.104 e. The first-order valence-electron chi connectivity index (χ1n) is 7.29. The van der Waals surface area contributed by atoms with E-state index >= 15 is 0 Å². The van der Waals surface area contributed by atoms with Crippen LogP contribution in [0.3, 0.4) is 0 Å². The molecule has 0 radical (unpaired) electrons. The number of fused-ring (bicyclic) bond motifs is 1. The Kier molecular flexibility index (Phi) is 4.22. The second-order valence-corrected chi connectivity index (χ2v) is 6.77. The Labute approximate surface area is 119 Å². The first-order chi connectivity index (χ1) is 9.36. The van der Waals surface area contributed by atoms with Gasteiger partial charge in [0.15, 0.2) is 0 Å². The Morgan fingerprint density at radius 2 is 2.16 bits per heavy atom. The van der Waals surface area contributed by atoms with Gasteiger partial charge in [0.1, 0.15) is 6.61 Å². The molecule has 1 aromatic heterocycles. The fourth-order valence-electron chi connectivity index (χ4n) is 3.56. The summed E-state index contributed by atoms with van der Waals surface area (Å²) in [5.41, 5.74) is 0. The minimum Gasteiger partial charge on any atom is -0.384 e. The van der Waals surface area contributed by atoms with Crippen molar-refractivity contribution in [3.05, 3.63) is 21.9 Å². The van der Waals surface area contributed by atoms with Gasteiger partial charge in [0.05, 0.1) is 4.88 Å². The van der Waals surface area contributed by atoms with E-state index in [9.17, 15) is 0 Å². The van der Waals surface area contributed by atoms with E-state index < -0.39 is 0 Å². The molecule has 1 saturated carbocycles. The second-order valence-electron chi connectivity index (χ2n) is 5.60. The molecule has 102 valence electrons. The zero-order valence-corrected chi connectivity index (χ0v) is 12.1. The summed E-state index contributed by atoms with van der Waals surface area (Å²) in [6.45, 7) is 2.31. The molecule has 2 unspecified atom stereocenters. The Balaban J connectivity index is 1.63. The van der Waals surface area contributed by atoms with E-state index in [1.54, 1.807) is 11.3 Å². The number of hydrogen-bond donors (Lipinski definition) is 1. The van der Waals surface area contributed by atoms with Crippen LogP contribution in [-0.2, 0) is 6.54 Å². The number of aliphatic hydroxyl groups is 1. The van der Waals surface area contributed by atoms with Crippen molar-refractivity contribution in [1.29, 1.82) is 0 Å². The lowest BCUT2D eigenvalue weighted by atomic mass is 9.85. The number of likely N-dealkylation sites (tertiary alicyclic amines) is 1. The SMILES string of the molecule is OCC#Cc1ccc(CN2CCC3CCCCC32)s1. The predicted octanol–water partition coefficient (Wildman–Crippen LogP) is 2.86. The van der Waals surface area contributed by atoms with Gasteiger partial charge in [0, 0.05) is 17.5 Å². The molecule has 3 rings (SSSR count). The summed E-state index contributed by atoms with van der Waals surface area (Å²) in [5, 5.41) is 8.72. The lowest BCUT2D eigenvalue weighted by Crippen LogP contribution is -2.33. The maximum atomic E-state index is 8.72. The quantitative estimate of drug-likeness (QED) is 0.839. The van der Waals surface area contributed by atoms with Crippen LogP contribution in [-0.4, -0.2) is 29.2 Å². The molecule has 2 aliphatic rings. The van der Waals surface area contributed by atoms with Crippen LogP contribution >= 0.6 is 11.3 Å². The van der Waals surface area contributed by atoms with Crippen molar-refractivity contribution in [2.75, 3.05) is 13.2 Å². The van der Waals surface area contributed by atoms with Crippen molar-refractivity contribution in [3.8, 4) is 11.8 Å². The first kappa shape index (κ1) is 13.2. The van der Waals surface area contributed by atoms with Gasteiger partial charge < -0.3 is 5.11 Å². The van der Waals surface area contributed by atoms with Gasteiger partial charge in [-0.3, -0.25) is 4.90 Å². The zero-order chi connectivity index (χ0) is 13.1. The van der Waals surface area contributed by atoms with E-state index in [4.69, 9.17) is 5.11 Å². The van der Waals surface area contributed by atoms with Gasteiger partial charge in [-0.05, 0) is 43.9 Å². The van der Waals surface area contributed by atoms with Crippen molar-refractivity contribution < 1.29 is 5.11 Å². The van der Waals surface area contributed by atoms with Crippen LogP contribution in [0.4, 0.5) is 0 Å². The average molecular weight is 275 g/mol. The molecule has 1 aromatic rings. The molecule has 2 atom stereocenters. The standard InChI is InChI=1S/C16H21NOS/c18-11-3-5-14-7-8-15(19-14)12-17-10-9-13-4-1-2-6-16(13)17/h7-8,13,16,18H,1-2,4,6,9-12H2. The minimum atomic E-state index is -0.0525. The Hall–Kier alpha value is -0.820. The van der Waals surface area contributed by atoms with Crippen LogP contribution in [0.15, 0.2) is 12.1 Å². The van der Waals surface area contributed by atoms with Crippen molar-refractivity contribution in [2.24, 2.45) is 5.92 Å². The molecule has 1 N–H and O–H groups in total. The molecule has 1 aliphatic heterocycles. The minimum absolute atomic E-state index is 0.0525. The summed E-state index contributed by atoms with van der Waals surface area (Å²) >= 11 is 1.77. The van der Waals surface area contributed by atoms with Crippen molar-refractivity contribution in [3.63, 3.8) is 0 Å². The predicted molar refractivity (Wildman–Crippen MR) is 79.1 cm³/mol. The van der Waals surface area contributed by atoms with E-state index in [0.717, 1.165) is 23.4 Å². The third-order valence-corrected chi connectivity index (χ3v) is 5.42. The van der Waals surface area contributed by atoms with Gasteiger partial charge in [0.25, 0.3) is 0 Å². The maximum Gasteiger partial charge on any atom is 0.104 e. The van der Waals surface area contributed by atoms with E-state index in [2.05, 4.69) is 28.9 Å². The van der Waals surface area contributed by atoms with Gasteiger partial charge in [-0.1, -0.05) is 24.7 Å². The molecule has 0 aromatic carbocycles. The van der Waals surface area contributed by atoms with E-state index in [0.29, 0.717) is 0 Å². The number of aliphatic hydroxyl groups excluding tert-OH is 1. The van der Waals surface area contributed by atoms with Gasteiger partial charge in [-0.25, -0.2) is 0 Å².